The number of hydrogen-bond acceptors (Lipinski definition) is 3. The topological polar surface area (TPSA) is 60.8 Å². The van der Waals surface area contributed by atoms with Crippen LogP contribution in [0.25, 0.3) is 0 Å². The molecule has 0 amide bonds. The van der Waals surface area contributed by atoms with Crippen molar-refractivity contribution in [2.24, 2.45) is 11.8 Å². The third kappa shape index (κ3) is 4.19. The van der Waals surface area contributed by atoms with Crippen LogP contribution < -0.4 is 0 Å². The van der Waals surface area contributed by atoms with Crippen LogP contribution in [0.5, 0.6) is 0 Å². The summed E-state index contributed by atoms with van der Waals surface area (Å²) >= 11 is 0. The number of rotatable bonds is 6. The van der Waals surface area contributed by atoms with Gasteiger partial charge in [0.25, 0.3) is 0 Å². The number of β-amino-alcohol motifs (C(OH)–C–C–N with tert-alkyl or cyclic N) is 1. The minimum atomic E-state index is -0.726. The molecule has 2 rings (SSSR count). The van der Waals surface area contributed by atoms with Gasteiger partial charge in [0.15, 0.2) is 0 Å². The van der Waals surface area contributed by atoms with Crippen molar-refractivity contribution in [1.29, 1.82) is 0 Å². The quantitative estimate of drug-likeness (QED) is 0.786. The molecular formula is C16H29NO3. The largest absolute Gasteiger partial charge is 0.480 e. The molecule has 4 nitrogen and oxygen atoms in total. The lowest BCUT2D eigenvalue weighted by molar-refractivity contribution is -0.146. The number of carboxylic acids is 1. The summed E-state index contributed by atoms with van der Waals surface area (Å²) in [7, 11) is 0. The Morgan fingerprint density at radius 1 is 1.25 bits per heavy atom. The molecule has 1 heterocycles. The molecule has 0 aromatic carbocycles. The minimum Gasteiger partial charge on any atom is -0.480 e. The predicted molar refractivity (Wildman–Crippen MR) is 78.6 cm³/mol. The summed E-state index contributed by atoms with van der Waals surface area (Å²) in [5.41, 5.74) is 0. The monoisotopic (exact) mass is 283 g/mol. The number of carboxylic acid groups (broad SMARTS) is 1. The standard InChI is InChI=1S/C16H29NO3/c1-2-12-7-8-17(15(10-12)16(19)20)11-14(18)9-13-5-3-4-6-13/h12-15,18H,2-11H2,1H3,(H,19,20). The average Bonchev–Trinajstić information content (AvgIpc) is 2.91. The van der Waals surface area contributed by atoms with Gasteiger partial charge in [-0.2, -0.15) is 0 Å². The van der Waals surface area contributed by atoms with Gasteiger partial charge >= 0.3 is 5.97 Å². The molecule has 1 saturated carbocycles. The Morgan fingerprint density at radius 2 is 1.95 bits per heavy atom. The van der Waals surface area contributed by atoms with Crippen molar-refractivity contribution in [3.63, 3.8) is 0 Å². The van der Waals surface area contributed by atoms with E-state index >= 15 is 0 Å². The third-order valence-corrected chi connectivity index (χ3v) is 5.21. The Hall–Kier alpha value is -0.610. The number of piperidine rings is 1. The Labute approximate surface area is 122 Å². The Bertz CT molecular complexity index is 315. The van der Waals surface area contributed by atoms with E-state index in [-0.39, 0.29) is 6.10 Å². The first-order chi connectivity index (χ1) is 9.60. The van der Waals surface area contributed by atoms with Crippen LogP contribution in [0.15, 0.2) is 0 Å². The van der Waals surface area contributed by atoms with Crippen molar-refractivity contribution >= 4 is 5.97 Å². The van der Waals surface area contributed by atoms with Crippen LogP contribution in [0.3, 0.4) is 0 Å². The lowest BCUT2D eigenvalue weighted by Gasteiger charge is -2.38. The van der Waals surface area contributed by atoms with E-state index in [9.17, 15) is 15.0 Å². The Morgan fingerprint density at radius 3 is 2.55 bits per heavy atom. The molecule has 1 saturated heterocycles. The van der Waals surface area contributed by atoms with E-state index in [4.69, 9.17) is 0 Å². The second-order valence-corrected chi connectivity index (χ2v) is 6.69. The molecule has 1 aliphatic carbocycles. The molecule has 0 bridgehead atoms. The zero-order valence-electron chi connectivity index (χ0n) is 12.6. The van der Waals surface area contributed by atoms with E-state index in [0.29, 0.717) is 18.4 Å². The SMILES string of the molecule is CCC1CCN(CC(O)CC2CCCC2)C(C(=O)O)C1. The molecule has 2 aliphatic rings. The third-order valence-electron chi connectivity index (χ3n) is 5.21. The molecule has 2 fully saturated rings. The molecular weight excluding hydrogens is 254 g/mol. The first kappa shape index (κ1) is 15.8. The summed E-state index contributed by atoms with van der Waals surface area (Å²) in [6, 6.07) is -0.396. The summed E-state index contributed by atoms with van der Waals surface area (Å²) in [4.78, 5) is 13.4. The maximum Gasteiger partial charge on any atom is 0.320 e. The first-order valence-electron chi connectivity index (χ1n) is 8.25. The number of aliphatic hydroxyl groups excluding tert-OH is 1. The van der Waals surface area contributed by atoms with Gasteiger partial charge in [-0.1, -0.05) is 39.0 Å². The lowest BCUT2D eigenvalue weighted by Crippen LogP contribution is -2.50. The van der Waals surface area contributed by atoms with Gasteiger partial charge in [0.05, 0.1) is 6.10 Å². The zero-order valence-corrected chi connectivity index (χ0v) is 12.6. The van der Waals surface area contributed by atoms with Crippen LogP contribution >= 0.6 is 0 Å². The van der Waals surface area contributed by atoms with Crippen molar-refractivity contribution in [2.75, 3.05) is 13.1 Å². The highest BCUT2D eigenvalue weighted by atomic mass is 16.4. The number of carbonyl (C=O) groups is 1. The van der Waals surface area contributed by atoms with Gasteiger partial charge < -0.3 is 10.2 Å². The normalized spacial score (nSPS) is 30.5. The summed E-state index contributed by atoms with van der Waals surface area (Å²) in [6.07, 6.45) is 8.39. The van der Waals surface area contributed by atoms with Crippen molar-refractivity contribution < 1.29 is 15.0 Å². The van der Waals surface area contributed by atoms with E-state index in [1.165, 1.54) is 25.7 Å². The summed E-state index contributed by atoms with van der Waals surface area (Å²) in [5.74, 6) is 0.456. The van der Waals surface area contributed by atoms with E-state index < -0.39 is 12.0 Å². The Kier molecular flexibility index (Phi) is 5.85. The number of aliphatic carboxylic acids is 1. The molecule has 116 valence electrons. The van der Waals surface area contributed by atoms with Crippen LogP contribution in [0.1, 0.15) is 58.3 Å². The number of nitrogens with zero attached hydrogens (tertiary/aromatic N) is 1. The molecule has 0 aromatic heterocycles. The summed E-state index contributed by atoms with van der Waals surface area (Å²) < 4.78 is 0. The summed E-state index contributed by atoms with van der Waals surface area (Å²) in [5, 5.41) is 19.6. The number of likely N-dealkylation sites (tertiary alicyclic amines) is 1. The molecule has 3 atom stereocenters. The van der Waals surface area contributed by atoms with Gasteiger partial charge in [-0.25, -0.2) is 0 Å². The zero-order chi connectivity index (χ0) is 14.5. The lowest BCUT2D eigenvalue weighted by atomic mass is 9.88. The fourth-order valence-corrected chi connectivity index (χ4v) is 3.91. The van der Waals surface area contributed by atoms with Gasteiger partial charge in [-0.05, 0) is 37.6 Å². The summed E-state index contributed by atoms with van der Waals surface area (Å²) in [6.45, 7) is 3.48. The van der Waals surface area contributed by atoms with E-state index in [1.807, 2.05) is 4.90 Å². The maximum absolute atomic E-state index is 11.4. The molecule has 3 unspecified atom stereocenters. The molecule has 0 spiro atoms. The van der Waals surface area contributed by atoms with Crippen LogP contribution in [0.4, 0.5) is 0 Å². The molecule has 0 radical (unpaired) electrons. The molecule has 2 N–H and O–H groups in total. The highest BCUT2D eigenvalue weighted by molar-refractivity contribution is 5.73. The van der Waals surface area contributed by atoms with Crippen molar-refractivity contribution in [3.8, 4) is 0 Å². The fraction of sp³-hybridized carbons (Fsp3) is 0.938. The Balaban J connectivity index is 1.84. The van der Waals surface area contributed by atoms with Gasteiger partial charge in [0, 0.05) is 6.54 Å². The van der Waals surface area contributed by atoms with Gasteiger partial charge in [-0.3, -0.25) is 9.69 Å². The second kappa shape index (κ2) is 7.41. The number of aliphatic hydroxyl groups is 1. The van der Waals surface area contributed by atoms with Gasteiger partial charge in [-0.15, -0.1) is 0 Å². The molecule has 1 aliphatic heterocycles. The maximum atomic E-state index is 11.4. The first-order valence-corrected chi connectivity index (χ1v) is 8.25. The van der Waals surface area contributed by atoms with Crippen LogP contribution in [0.2, 0.25) is 0 Å². The van der Waals surface area contributed by atoms with Crippen LogP contribution in [-0.4, -0.2) is 46.3 Å². The van der Waals surface area contributed by atoms with Gasteiger partial charge in [0.2, 0.25) is 0 Å². The molecule has 4 heteroatoms. The average molecular weight is 283 g/mol. The van der Waals surface area contributed by atoms with Crippen molar-refractivity contribution in [2.45, 2.75) is 70.4 Å². The van der Waals surface area contributed by atoms with Crippen molar-refractivity contribution in [1.82, 2.24) is 4.90 Å². The van der Waals surface area contributed by atoms with Crippen LogP contribution in [0, 0.1) is 11.8 Å². The predicted octanol–water partition coefficient (Wildman–Crippen LogP) is 2.50. The van der Waals surface area contributed by atoms with Gasteiger partial charge in [0.1, 0.15) is 6.04 Å². The van der Waals surface area contributed by atoms with Crippen LogP contribution in [-0.2, 0) is 4.79 Å². The van der Waals surface area contributed by atoms with E-state index in [1.54, 1.807) is 0 Å². The molecule has 0 aromatic rings. The smallest absolute Gasteiger partial charge is 0.320 e. The highest BCUT2D eigenvalue weighted by Crippen LogP contribution is 2.30. The minimum absolute atomic E-state index is 0.363. The van der Waals surface area contributed by atoms with Crippen molar-refractivity contribution in [3.05, 3.63) is 0 Å². The van der Waals surface area contributed by atoms with E-state index in [0.717, 1.165) is 32.2 Å². The molecule has 20 heavy (non-hydrogen) atoms. The number of hydrogen-bond donors (Lipinski definition) is 2. The van der Waals surface area contributed by atoms with E-state index in [2.05, 4.69) is 6.92 Å². The second-order valence-electron chi connectivity index (χ2n) is 6.69. The highest BCUT2D eigenvalue weighted by Gasteiger charge is 2.34. The fourth-order valence-electron chi connectivity index (χ4n) is 3.91.